The quantitative estimate of drug-likeness (QED) is 0.0613. The number of carboxylic acids is 1. The molecule has 316 valence electrons. The summed E-state index contributed by atoms with van der Waals surface area (Å²) in [5.74, 6) is -1.13. The number of H-pyrrole nitrogens is 1. The number of carbonyl (C=O) groups is 5. The summed E-state index contributed by atoms with van der Waals surface area (Å²) in [6, 6.07) is 28.3. The minimum atomic E-state index is -0.874. The van der Waals surface area contributed by atoms with Crippen LogP contribution in [0.3, 0.4) is 0 Å². The van der Waals surface area contributed by atoms with Crippen molar-refractivity contribution in [2.24, 2.45) is 5.73 Å². The van der Waals surface area contributed by atoms with Crippen molar-refractivity contribution < 1.29 is 39.3 Å². The fourth-order valence-corrected chi connectivity index (χ4v) is 5.58. The van der Waals surface area contributed by atoms with Crippen LogP contribution in [0.5, 0.6) is 11.5 Å². The van der Waals surface area contributed by atoms with Crippen LogP contribution in [0.15, 0.2) is 109 Å². The summed E-state index contributed by atoms with van der Waals surface area (Å²) >= 11 is 0. The van der Waals surface area contributed by atoms with Crippen molar-refractivity contribution in [2.45, 2.75) is 70.1 Å². The highest BCUT2D eigenvalue weighted by Gasteiger charge is 2.26. The van der Waals surface area contributed by atoms with Gasteiger partial charge in [0, 0.05) is 23.5 Å². The number of aromatic hydroxyl groups is 2. The molecule has 0 aliphatic rings. The Hall–Kier alpha value is -6.35. The van der Waals surface area contributed by atoms with E-state index in [4.69, 9.17) is 21.1 Å². The second-order valence-electron chi connectivity index (χ2n) is 13.5. The highest BCUT2D eigenvalue weighted by Crippen LogP contribution is 2.19. The van der Waals surface area contributed by atoms with Gasteiger partial charge in [-0.2, -0.15) is 0 Å². The molecule has 4 atom stereocenters. The zero-order valence-corrected chi connectivity index (χ0v) is 34.1. The van der Waals surface area contributed by atoms with Crippen LogP contribution in [0.1, 0.15) is 42.5 Å². The van der Waals surface area contributed by atoms with Crippen LogP contribution in [0.2, 0.25) is 0 Å². The maximum absolute atomic E-state index is 12.9. The number of fused-ring (bicyclic) bond motifs is 1. The van der Waals surface area contributed by atoms with Crippen molar-refractivity contribution in [1.82, 2.24) is 26.3 Å². The molecule has 0 saturated heterocycles. The number of phenols is 2. The number of nitrogens with one attached hydrogen (secondary N) is 5. The first kappa shape index (κ1) is 48.8. The maximum Gasteiger partial charge on any atom is 0.321 e. The van der Waals surface area contributed by atoms with Crippen molar-refractivity contribution in [3.8, 4) is 11.5 Å². The molecule has 10 N–H and O–H groups in total. The molecule has 14 heteroatoms. The molecule has 0 spiro atoms. The molecule has 3 unspecified atom stereocenters. The number of hydrogen-bond acceptors (Lipinski definition) is 10. The third kappa shape index (κ3) is 18.2. The molecule has 0 saturated carbocycles. The fraction of sp³-hybridized carbons (Fsp3) is 0.311. The lowest BCUT2D eigenvalue weighted by Gasteiger charge is -2.22. The van der Waals surface area contributed by atoms with Crippen LogP contribution in [0, 0.1) is 0 Å². The lowest BCUT2D eigenvalue weighted by atomic mass is 10.0. The van der Waals surface area contributed by atoms with E-state index in [2.05, 4.69) is 40.1 Å². The first-order valence-corrected chi connectivity index (χ1v) is 19.3. The number of likely N-dealkylation sites (N-methyl/N-ethyl adjacent to an activating group) is 2. The van der Waals surface area contributed by atoms with Gasteiger partial charge in [-0.3, -0.25) is 14.4 Å². The molecule has 0 aliphatic carbocycles. The van der Waals surface area contributed by atoms with E-state index >= 15 is 0 Å². The number of rotatable bonds is 17. The van der Waals surface area contributed by atoms with Crippen molar-refractivity contribution in [1.29, 1.82) is 0 Å². The summed E-state index contributed by atoms with van der Waals surface area (Å²) in [4.78, 5) is 60.3. The Morgan fingerprint density at radius 1 is 0.678 bits per heavy atom. The summed E-state index contributed by atoms with van der Waals surface area (Å²) in [7, 11) is 3.33. The molecule has 59 heavy (non-hydrogen) atoms. The van der Waals surface area contributed by atoms with Gasteiger partial charge in [0.15, 0.2) is 0 Å². The summed E-state index contributed by atoms with van der Waals surface area (Å²) in [5.41, 5.74) is 10.1. The molecule has 4 aromatic carbocycles. The molecule has 1 heterocycles. The predicted octanol–water partition coefficient (Wildman–Crippen LogP) is 3.83. The number of aromatic amines is 1. The van der Waals surface area contributed by atoms with Gasteiger partial charge in [-0.1, -0.05) is 93.1 Å². The van der Waals surface area contributed by atoms with Gasteiger partial charge in [-0.05, 0) is 85.9 Å². The van der Waals surface area contributed by atoms with Crippen molar-refractivity contribution in [3.05, 3.63) is 132 Å². The molecule has 0 fully saturated rings. The van der Waals surface area contributed by atoms with Crippen LogP contribution in [0.25, 0.3) is 10.9 Å². The Labute approximate surface area is 345 Å². The standard InChI is InChI=1S/C23H26N4O3.C10H13NO3.C9H11NO2.C3H8/c1-24-20(13-16-7-3-2-4-8-16)23(30)27-21(22(29)25-11-12-28)14-17-15-26-19-10-6-5-9-18(17)19;1-11-9(10(13)14)6-7-2-4-8(12)5-3-7;10-8(6-11)5-7-1-3-9(12)4-2-7;1-3-2/h2-10,12,15,20-21,24,26H,11,13-14H2,1H3,(H,25,29)(H,27,30);2-5,9,11-12H,6H2,1H3,(H,13,14);1-4,6,8,12H,5,10H2;3H2,1-2H3/t20-,21?;;;/m0.../s1. The lowest BCUT2D eigenvalue weighted by Crippen LogP contribution is -2.53. The van der Waals surface area contributed by atoms with E-state index in [1.54, 1.807) is 62.6 Å². The minimum Gasteiger partial charge on any atom is -0.508 e. The number of para-hydroxylation sites is 1. The van der Waals surface area contributed by atoms with Crippen LogP contribution in [0.4, 0.5) is 0 Å². The highest BCUT2D eigenvalue weighted by molar-refractivity contribution is 5.92. The van der Waals surface area contributed by atoms with E-state index < -0.39 is 36.0 Å². The SMILES string of the molecule is CCC.CNC(Cc1ccc(O)cc1)C(=O)O.CN[C@@H](Cc1ccccc1)C(=O)NC(Cc1c[nH]c2ccccc12)C(=O)NCC=O.NC(C=O)Cc1ccc(O)cc1. The van der Waals surface area contributed by atoms with Crippen LogP contribution < -0.4 is 27.0 Å². The third-order valence-corrected chi connectivity index (χ3v) is 8.64. The topological polar surface area (TPSA) is 236 Å². The van der Waals surface area contributed by atoms with Gasteiger partial charge in [-0.25, -0.2) is 0 Å². The van der Waals surface area contributed by atoms with Gasteiger partial charge in [0.05, 0.1) is 18.6 Å². The summed E-state index contributed by atoms with van der Waals surface area (Å²) < 4.78 is 0. The van der Waals surface area contributed by atoms with Gasteiger partial charge < -0.3 is 56.9 Å². The monoisotopic (exact) mass is 810 g/mol. The summed E-state index contributed by atoms with van der Waals surface area (Å²) in [6.45, 7) is 4.15. The zero-order chi connectivity index (χ0) is 43.6. The number of amides is 2. The van der Waals surface area contributed by atoms with Gasteiger partial charge in [-0.15, -0.1) is 0 Å². The number of phenolic OH excluding ortho intramolecular Hbond substituents is 2. The van der Waals surface area contributed by atoms with E-state index in [9.17, 15) is 24.0 Å². The van der Waals surface area contributed by atoms with E-state index in [0.29, 0.717) is 38.3 Å². The van der Waals surface area contributed by atoms with E-state index in [0.717, 1.165) is 33.2 Å². The molecule has 5 rings (SSSR count). The smallest absolute Gasteiger partial charge is 0.321 e. The molecular weight excluding hydrogens is 753 g/mol. The number of aliphatic carboxylic acids is 1. The first-order chi connectivity index (χ1) is 28.4. The third-order valence-electron chi connectivity index (χ3n) is 8.64. The normalized spacial score (nSPS) is 12.3. The van der Waals surface area contributed by atoms with Gasteiger partial charge in [0.25, 0.3) is 0 Å². The molecule has 5 aromatic rings. The van der Waals surface area contributed by atoms with Gasteiger partial charge in [0.2, 0.25) is 11.8 Å². The Morgan fingerprint density at radius 2 is 1.19 bits per heavy atom. The average Bonchev–Trinajstić information content (AvgIpc) is 3.65. The Morgan fingerprint density at radius 3 is 1.71 bits per heavy atom. The Bertz CT molecular complexity index is 1990. The molecule has 0 radical (unpaired) electrons. The largest absolute Gasteiger partial charge is 0.508 e. The molecule has 2 amide bonds. The number of aldehydes is 2. The average molecular weight is 811 g/mol. The van der Waals surface area contributed by atoms with E-state index in [-0.39, 0.29) is 24.0 Å². The lowest BCUT2D eigenvalue weighted by molar-refractivity contribution is -0.139. The highest BCUT2D eigenvalue weighted by atomic mass is 16.4. The first-order valence-electron chi connectivity index (χ1n) is 19.3. The Kier molecular flexibility index (Phi) is 22.6. The maximum atomic E-state index is 12.9. The van der Waals surface area contributed by atoms with Crippen molar-refractivity contribution >= 4 is 41.3 Å². The molecule has 1 aromatic heterocycles. The zero-order valence-electron chi connectivity index (χ0n) is 34.1. The van der Waals surface area contributed by atoms with Crippen molar-refractivity contribution in [3.63, 3.8) is 0 Å². The molecule has 0 bridgehead atoms. The molecule has 0 aliphatic heterocycles. The summed E-state index contributed by atoms with van der Waals surface area (Å²) in [6.07, 6.45) is 6.16. The number of hydrogen-bond donors (Lipinski definition) is 9. The van der Waals surface area contributed by atoms with E-state index in [1.807, 2.05) is 60.8 Å². The van der Waals surface area contributed by atoms with Crippen LogP contribution >= 0.6 is 0 Å². The second kappa shape index (κ2) is 27.3. The van der Waals surface area contributed by atoms with Gasteiger partial charge >= 0.3 is 5.97 Å². The number of aromatic nitrogens is 1. The van der Waals surface area contributed by atoms with Crippen LogP contribution in [-0.2, 0) is 49.7 Å². The van der Waals surface area contributed by atoms with Crippen LogP contribution in [-0.4, -0.2) is 95.5 Å². The van der Waals surface area contributed by atoms with Gasteiger partial charge in [0.1, 0.15) is 36.2 Å². The number of nitrogens with two attached hydrogens (primary N) is 1. The second-order valence-corrected chi connectivity index (χ2v) is 13.5. The van der Waals surface area contributed by atoms with E-state index in [1.165, 1.54) is 6.42 Å². The minimum absolute atomic E-state index is 0.0987. The predicted molar refractivity (Wildman–Crippen MR) is 230 cm³/mol. The number of benzene rings is 4. The Balaban J connectivity index is 0.000000341. The fourth-order valence-electron chi connectivity index (χ4n) is 5.58. The molecule has 14 nitrogen and oxygen atoms in total. The number of carboxylic acid groups (broad SMARTS) is 1. The summed E-state index contributed by atoms with van der Waals surface area (Å²) in [5, 5.41) is 38.9. The molecular formula is C45H58N6O8. The number of carbonyl (C=O) groups excluding carboxylic acids is 4. The van der Waals surface area contributed by atoms with Crippen molar-refractivity contribution in [2.75, 3.05) is 20.6 Å².